The van der Waals surface area contributed by atoms with Crippen LogP contribution in [0.2, 0.25) is 0 Å². The molecule has 2 aliphatic heterocycles. The van der Waals surface area contributed by atoms with Gasteiger partial charge in [-0.3, -0.25) is 0 Å². The van der Waals surface area contributed by atoms with E-state index >= 15 is 0 Å². The van der Waals surface area contributed by atoms with Gasteiger partial charge in [0.15, 0.2) is 0 Å². The van der Waals surface area contributed by atoms with Crippen molar-refractivity contribution in [2.24, 2.45) is 0 Å². The highest BCUT2D eigenvalue weighted by Crippen LogP contribution is 2.29. The Bertz CT molecular complexity index is 336. The van der Waals surface area contributed by atoms with E-state index in [1.807, 2.05) is 12.1 Å². The minimum Gasteiger partial charge on any atom is -0.508 e. The van der Waals surface area contributed by atoms with Gasteiger partial charge in [-0.2, -0.15) is 0 Å². The van der Waals surface area contributed by atoms with Crippen LogP contribution in [0.3, 0.4) is 0 Å². The van der Waals surface area contributed by atoms with Crippen molar-refractivity contribution >= 4 is 5.69 Å². The van der Waals surface area contributed by atoms with E-state index in [1.165, 1.54) is 12.1 Å². The zero-order valence-electron chi connectivity index (χ0n) is 7.98. The van der Waals surface area contributed by atoms with Gasteiger partial charge in [0, 0.05) is 30.9 Å². The Morgan fingerprint density at radius 1 is 1.29 bits per heavy atom. The lowest BCUT2D eigenvalue weighted by atomic mass is 10.2. The molecule has 2 bridgehead atoms. The quantitative estimate of drug-likeness (QED) is 0.692. The van der Waals surface area contributed by atoms with Crippen LogP contribution in [0.25, 0.3) is 0 Å². The van der Waals surface area contributed by atoms with Gasteiger partial charge in [-0.1, -0.05) is 0 Å². The molecule has 3 nitrogen and oxygen atoms in total. The van der Waals surface area contributed by atoms with Crippen LogP contribution in [0.1, 0.15) is 6.42 Å². The maximum atomic E-state index is 9.20. The van der Waals surface area contributed by atoms with Crippen LogP contribution in [0.15, 0.2) is 24.3 Å². The van der Waals surface area contributed by atoms with Crippen molar-refractivity contribution in [3.05, 3.63) is 24.3 Å². The Kier molecular flexibility index (Phi) is 1.67. The maximum absolute atomic E-state index is 9.20. The Morgan fingerprint density at radius 2 is 2.07 bits per heavy atom. The zero-order chi connectivity index (χ0) is 9.54. The van der Waals surface area contributed by atoms with E-state index < -0.39 is 0 Å². The summed E-state index contributed by atoms with van der Waals surface area (Å²) in [6, 6.07) is 8.84. The minimum absolute atomic E-state index is 0.344. The monoisotopic (exact) mass is 190 g/mol. The van der Waals surface area contributed by atoms with E-state index in [4.69, 9.17) is 0 Å². The molecule has 2 aliphatic rings. The molecule has 2 saturated heterocycles. The van der Waals surface area contributed by atoms with Gasteiger partial charge in [-0.05, 0) is 30.7 Å². The molecule has 1 aromatic rings. The molecule has 14 heavy (non-hydrogen) atoms. The lowest BCUT2D eigenvalue weighted by Gasteiger charge is -2.29. The molecule has 0 aromatic heterocycles. The summed E-state index contributed by atoms with van der Waals surface area (Å²) in [4.78, 5) is 2.43. The van der Waals surface area contributed by atoms with Crippen LogP contribution in [-0.2, 0) is 0 Å². The molecule has 3 heteroatoms. The van der Waals surface area contributed by atoms with Crippen molar-refractivity contribution in [3.8, 4) is 5.75 Å². The molecule has 2 N–H and O–H groups in total. The molecule has 0 aliphatic carbocycles. The molecule has 0 saturated carbocycles. The summed E-state index contributed by atoms with van der Waals surface area (Å²) in [6.45, 7) is 2.21. The zero-order valence-corrected chi connectivity index (χ0v) is 7.98. The number of nitrogens with zero attached hydrogens (tertiary/aromatic N) is 1. The van der Waals surface area contributed by atoms with Crippen LogP contribution < -0.4 is 10.2 Å². The summed E-state index contributed by atoms with van der Waals surface area (Å²) in [5.41, 5.74) is 1.23. The van der Waals surface area contributed by atoms with Crippen molar-refractivity contribution in [1.82, 2.24) is 5.32 Å². The van der Waals surface area contributed by atoms with Gasteiger partial charge in [-0.15, -0.1) is 0 Å². The number of phenols is 1. The molecule has 0 radical (unpaired) electrons. The van der Waals surface area contributed by atoms with Crippen LogP contribution in [-0.4, -0.2) is 30.3 Å². The number of rotatable bonds is 1. The first-order chi connectivity index (χ1) is 6.83. The summed E-state index contributed by atoms with van der Waals surface area (Å²) in [7, 11) is 0. The standard InChI is InChI=1S/C11H14N2O/c14-11-3-1-9(2-4-11)13-7-8-5-10(13)6-12-8/h1-4,8,10,12,14H,5-7H2/t8-,10-/m0/s1. The average Bonchev–Trinajstić information content (AvgIpc) is 2.80. The fourth-order valence-electron chi connectivity index (χ4n) is 2.52. The molecule has 2 atom stereocenters. The third-order valence-corrected chi connectivity index (χ3v) is 3.24. The highest BCUT2D eigenvalue weighted by molar-refractivity contribution is 5.51. The van der Waals surface area contributed by atoms with Crippen molar-refractivity contribution in [2.75, 3.05) is 18.0 Å². The van der Waals surface area contributed by atoms with Crippen molar-refractivity contribution < 1.29 is 5.11 Å². The first-order valence-electron chi connectivity index (χ1n) is 5.12. The van der Waals surface area contributed by atoms with Crippen LogP contribution in [0.4, 0.5) is 5.69 Å². The Morgan fingerprint density at radius 3 is 2.64 bits per heavy atom. The second kappa shape index (κ2) is 2.89. The normalized spacial score (nSPS) is 29.9. The number of aromatic hydroxyl groups is 1. The SMILES string of the molecule is Oc1ccc(N2C[C@@H]3C[C@H]2CN3)cc1. The molecular weight excluding hydrogens is 176 g/mol. The third kappa shape index (κ3) is 1.16. The van der Waals surface area contributed by atoms with E-state index in [1.54, 1.807) is 12.1 Å². The molecule has 0 amide bonds. The fourth-order valence-corrected chi connectivity index (χ4v) is 2.52. The molecular formula is C11H14N2O. The second-order valence-corrected chi connectivity index (χ2v) is 4.16. The molecule has 3 rings (SSSR count). The van der Waals surface area contributed by atoms with Crippen molar-refractivity contribution in [2.45, 2.75) is 18.5 Å². The topological polar surface area (TPSA) is 35.5 Å². The Hall–Kier alpha value is -1.22. The van der Waals surface area contributed by atoms with Crippen LogP contribution in [0.5, 0.6) is 5.75 Å². The smallest absolute Gasteiger partial charge is 0.115 e. The predicted octanol–water partition coefficient (Wildman–Crippen LogP) is 0.943. The average molecular weight is 190 g/mol. The van der Waals surface area contributed by atoms with Crippen molar-refractivity contribution in [1.29, 1.82) is 0 Å². The van der Waals surface area contributed by atoms with E-state index in [2.05, 4.69) is 10.2 Å². The summed E-state index contributed by atoms with van der Waals surface area (Å²) in [5, 5.41) is 12.7. The summed E-state index contributed by atoms with van der Waals surface area (Å²) in [5.74, 6) is 0.344. The molecule has 74 valence electrons. The van der Waals surface area contributed by atoms with Crippen LogP contribution >= 0.6 is 0 Å². The second-order valence-electron chi connectivity index (χ2n) is 4.16. The lowest BCUT2D eigenvalue weighted by molar-refractivity contribution is 0.475. The number of phenolic OH excluding ortho intramolecular Hbond substituents is 1. The van der Waals surface area contributed by atoms with Gasteiger partial charge < -0.3 is 15.3 Å². The largest absolute Gasteiger partial charge is 0.508 e. The van der Waals surface area contributed by atoms with Crippen LogP contribution in [0, 0.1) is 0 Å². The minimum atomic E-state index is 0.344. The van der Waals surface area contributed by atoms with E-state index in [9.17, 15) is 5.11 Å². The van der Waals surface area contributed by atoms with E-state index in [0.717, 1.165) is 13.1 Å². The first-order valence-corrected chi connectivity index (χ1v) is 5.12. The number of anilines is 1. The maximum Gasteiger partial charge on any atom is 0.115 e. The number of hydrogen-bond acceptors (Lipinski definition) is 3. The van der Waals surface area contributed by atoms with Gasteiger partial charge in [0.2, 0.25) is 0 Å². The highest BCUT2D eigenvalue weighted by atomic mass is 16.3. The summed E-state index contributed by atoms with van der Waals surface area (Å²) < 4.78 is 0. The first kappa shape index (κ1) is 8.12. The van der Waals surface area contributed by atoms with Gasteiger partial charge in [0.05, 0.1) is 0 Å². The van der Waals surface area contributed by atoms with Gasteiger partial charge in [0.25, 0.3) is 0 Å². The number of piperazine rings is 1. The van der Waals surface area contributed by atoms with Gasteiger partial charge in [0.1, 0.15) is 5.75 Å². The molecule has 2 fully saturated rings. The number of hydrogen-bond donors (Lipinski definition) is 2. The number of nitrogens with one attached hydrogen (secondary N) is 1. The molecule has 1 aromatic carbocycles. The Labute approximate surface area is 83.3 Å². The Balaban J connectivity index is 1.86. The number of fused-ring (bicyclic) bond motifs is 2. The fraction of sp³-hybridized carbons (Fsp3) is 0.455. The molecule has 0 unspecified atom stereocenters. The third-order valence-electron chi connectivity index (χ3n) is 3.24. The number of benzene rings is 1. The van der Waals surface area contributed by atoms with E-state index in [0.29, 0.717) is 17.8 Å². The van der Waals surface area contributed by atoms with E-state index in [-0.39, 0.29) is 0 Å². The van der Waals surface area contributed by atoms with Gasteiger partial charge >= 0.3 is 0 Å². The van der Waals surface area contributed by atoms with Gasteiger partial charge in [-0.25, -0.2) is 0 Å². The predicted molar refractivity (Wildman–Crippen MR) is 55.6 cm³/mol. The summed E-state index contributed by atoms with van der Waals surface area (Å²) >= 11 is 0. The lowest BCUT2D eigenvalue weighted by Crippen LogP contribution is -2.43. The molecule has 0 spiro atoms. The highest BCUT2D eigenvalue weighted by Gasteiger charge is 2.37. The summed E-state index contributed by atoms with van der Waals surface area (Å²) in [6.07, 6.45) is 1.26. The van der Waals surface area contributed by atoms with Crippen molar-refractivity contribution in [3.63, 3.8) is 0 Å². The molecule has 2 heterocycles.